The van der Waals surface area contributed by atoms with E-state index in [1.807, 2.05) is 0 Å². The zero-order chi connectivity index (χ0) is 9.90. The van der Waals surface area contributed by atoms with E-state index >= 15 is 0 Å². The Labute approximate surface area is 91.1 Å². The first kappa shape index (κ1) is 11.9. The van der Waals surface area contributed by atoms with Crippen LogP contribution in [0.3, 0.4) is 0 Å². The van der Waals surface area contributed by atoms with Crippen molar-refractivity contribution in [2.75, 3.05) is 5.38 Å². The van der Waals surface area contributed by atoms with Crippen LogP contribution in [0, 0.1) is 0 Å². The van der Waals surface area contributed by atoms with Crippen LogP contribution in [-0.2, 0) is 20.6 Å². The Bertz CT molecular complexity index is 178. The van der Waals surface area contributed by atoms with E-state index in [0.29, 0.717) is 9.45 Å². The van der Waals surface area contributed by atoms with Crippen LogP contribution in [0.15, 0.2) is 0 Å². The van der Waals surface area contributed by atoms with Crippen LogP contribution < -0.4 is 0 Å². The SMILES string of the molecule is C[Si](C)(C)CS(=S)C1CCCCC1. The summed E-state index contributed by atoms with van der Waals surface area (Å²) in [5, 5.41) is 2.29. The van der Waals surface area contributed by atoms with Crippen LogP contribution in [0.4, 0.5) is 0 Å². The average Bonchev–Trinajstić information content (AvgIpc) is 2.03. The maximum atomic E-state index is 5.67. The van der Waals surface area contributed by atoms with Crippen molar-refractivity contribution in [3.63, 3.8) is 0 Å². The molecule has 0 aromatic rings. The molecule has 0 bridgehead atoms. The Morgan fingerprint density at radius 3 is 2.15 bits per heavy atom. The zero-order valence-electron chi connectivity index (χ0n) is 9.14. The van der Waals surface area contributed by atoms with E-state index in [1.54, 1.807) is 0 Å². The van der Waals surface area contributed by atoms with Crippen molar-refractivity contribution in [2.24, 2.45) is 0 Å². The predicted molar refractivity (Wildman–Crippen MR) is 69.8 cm³/mol. The molecule has 1 saturated carbocycles. The Morgan fingerprint density at radius 2 is 1.69 bits per heavy atom. The molecule has 78 valence electrons. The van der Waals surface area contributed by atoms with Crippen molar-refractivity contribution in [1.82, 2.24) is 0 Å². The van der Waals surface area contributed by atoms with Gasteiger partial charge < -0.3 is 0 Å². The molecular weight excluding hydrogens is 212 g/mol. The first-order valence-electron chi connectivity index (χ1n) is 5.36. The zero-order valence-corrected chi connectivity index (χ0v) is 11.8. The van der Waals surface area contributed by atoms with E-state index in [2.05, 4.69) is 19.6 Å². The van der Waals surface area contributed by atoms with Crippen LogP contribution in [-0.4, -0.2) is 18.7 Å². The third-order valence-electron chi connectivity index (χ3n) is 2.50. The third-order valence-corrected chi connectivity index (χ3v) is 10.2. The van der Waals surface area contributed by atoms with Gasteiger partial charge in [-0.25, -0.2) is 0 Å². The lowest BCUT2D eigenvalue weighted by Crippen LogP contribution is -2.33. The van der Waals surface area contributed by atoms with E-state index in [1.165, 1.54) is 37.5 Å². The Hall–Kier alpha value is 0.787. The molecule has 0 aromatic carbocycles. The molecule has 1 rings (SSSR count). The summed E-state index contributed by atoms with van der Waals surface area (Å²) in [6, 6.07) is 0. The summed E-state index contributed by atoms with van der Waals surface area (Å²) in [4.78, 5) is 0. The Morgan fingerprint density at radius 1 is 1.15 bits per heavy atom. The van der Waals surface area contributed by atoms with Gasteiger partial charge in [0.05, 0.1) is 8.07 Å². The summed E-state index contributed by atoms with van der Waals surface area (Å²) in [6.45, 7) is 7.34. The van der Waals surface area contributed by atoms with Gasteiger partial charge in [-0.05, 0) is 18.2 Å². The van der Waals surface area contributed by atoms with Crippen molar-refractivity contribution >= 4 is 28.7 Å². The summed E-state index contributed by atoms with van der Waals surface area (Å²) in [7, 11) is -0.577. The van der Waals surface area contributed by atoms with Gasteiger partial charge in [0.15, 0.2) is 0 Å². The summed E-state index contributed by atoms with van der Waals surface area (Å²) in [5.41, 5.74) is 0. The number of rotatable bonds is 3. The van der Waals surface area contributed by atoms with Crippen LogP contribution in [0.5, 0.6) is 0 Å². The highest BCUT2D eigenvalue weighted by Crippen LogP contribution is 2.23. The van der Waals surface area contributed by atoms with Gasteiger partial charge >= 0.3 is 0 Å². The minimum atomic E-state index is -0.896. The molecule has 0 aliphatic heterocycles. The summed E-state index contributed by atoms with van der Waals surface area (Å²) < 4.78 is 0. The normalized spacial score (nSPS) is 23.0. The van der Waals surface area contributed by atoms with Crippen LogP contribution >= 0.6 is 0 Å². The topological polar surface area (TPSA) is 0 Å². The van der Waals surface area contributed by atoms with Gasteiger partial charge in [0.25, 0.3) is 0 Å². The van der Waals surface area contributed by atoms with Gasteiger partial charge in [0.1, 0.15) is 0 Å². The Balaban J connectivity index is 2.38. The highest BCUT2D eigenvalue weighted by Gasteiger charge is 2.22. The second-order valence-corrected chi connectivity index (χ2v) is 14.3. The molecule has 1 aliphatic carbocycles. The van der Waals surface area contributed by atoms with Crippen LogP contribution in [0.25, 0.3) is 0 Å². The fourth-order valence-electron chi connectivity index (χ4n) is 1.87. The maximum absolute atomic E-state index is 5.67. The summed E-state index contributed by atoms with van der Waals surface area (Å²) >= 11 is 5.67. The van der Waals surface area contributed by atoms with Gasteiger partial charge in [-0.1, -0.05) is 50.1 Å². The van der Waals surface area contributed by atoms with Crippen molar-refractivity contribution in [3.05, 3.63) is 0 Å². The number of hydrogen-bond donors (Lipinski definition) is 0. The molecule has 1 atom stereocenters. The minimum Gasteiger partial charge on any atom is -0.121 e. The second kappa shape index (κ2) is 5.03. The van der Waals surface area contributed by atoms with Gasteiger partial charge in [0.2, 0.25) is 0 Å². The fraction of sp³-hybridized carbons (Fsp3) is 1.00. The smallest absolute Gasteiger partial charge is 0.0552 e. The standard InChI is InChI=1S/C10H22S2Si/c1-13(2,3)9-12(11)10-7-5-4-6-8-10/h10H,4-9H2,1-3H3. The van der Waals surface area contributed by atoms with E-state index in [4.69, 9.17) is 11.2 Å². The molecule has 13 heavy (non-hydrogen) atoms. The Kier molecular flexibility index (Phi) is 4.59. The van der Waals surface area contributed by atoms with E-state index in [0.717, 1.165) is 5.25 Å². The predicted octanol–water partition coefficient (Wildman–Crippen LogP) is 3.28. The fourth-order valence-corrected chi connectivity index (χ4v) is 10.8. The maximum Gasteiger partial charge on any atom is 0.0552 e. The molecule has 3 heteroatoms. The van der Waals surface area contributed by atoms with E-state index in [9.17, 15) is 0 Å². The molecule has 0 aromatic heterocycles. The molecule has 0 heterocycles. The molecular formula is C10H22S2Si. The molecule has 1 fully saturated rings. The summed E-state index contributed by atoms with van der Waals surface area (Å²) in [5.74, 6) is 0. The van der Waals surface area contributed by atoms with Crippen molar-refractivity contribution in [2.45, 2.75) is 57.0 Å². The molecule has 0 spiro atoms. The largest absolute Gasteiger partial charge is 0.121 e. The molecule has 0 radical (unpaired) electrons. The van der Waals surface area contributed by atoms with Crippen molar-refractivity contribution in [1.29, 1.82) is 0 Å². The second-order valence-electron chi connectivity index (χ2n) is 5.35. The molecule has 1 unspecified atom stereocenters. The van der Waals surface area contributed by atoms with Crippen LogP contribution in [0.2, 0.25) is 19.6 Å². The molecule has 1 aliphatic rings. The van der Waals surface area contributed by atoms with E-state index in [-0.39, 0.29) is 0 Å². The molecule has 0 amide bonds. The third kappa shape index (κ3) is 4.70. The van der Waals surface area contributed by atoms with Gasteiger partial charge in [0, 0.05) is 5.25 Å². The lowest BCUT2D eigenvalue weighted by atomic mass is 10.0. The first-order chi connectivity index (χ1) is 5.99. The molecule has 0 nitrogen and oxygen atoms in total. The minimum absolute atomic E-state index is 0.319. The molecule has 0 saturated heterocycles. The van der Waals surface area contributed by atoms with Gasteiger partial charge in [-0.2, -0.15) is 0 Å². The van der Waals surface area contributed by atoms with E-state index < -0.39 is 8.07 Å². The monoisotopic (exact) mass is 234 g/mol. The summed E-state index contributed by atoms with van der Waals surface area (Å²) in [6.07, 6.45) is 7.19. The quantitative estimate of drug-likeness (QED) is 0.676. The highest BCUT2D eigenvalue weighted by molar-refractivity contribution is 8.29. The van der Waals surface area contributed by atoms with Gasteiger partial charge in [-0.3, -0.25) is 0 Å². The highest BCUT2D eigenvalue weighted by atomic mass is 32.8. The average molecular weight is 235 g/mol. The lowest BCUT2D eigenvalue weighted by Gasteiger charge is -2.27. The number of hydrogen-bond acceptors (Lipinski definition) is 1. The van der Waals surface area contributed by atoms with Crippen molar-refractivity contribution in [3.8, 4) is 0 Å². The van der Waals surface area contributed by atoms with Crippen molar-refractivity contribution < 1.29 is 0 Å². The lowest BCUT2D eigenvalue weighted by molar-refractivity contribution is 0.515. The van der Waals surface area contributed by atoms with Gasteiger partial charge in [-0.15, -0.1) is 9.45 Å². The van der Waals surface area contributed by atoms with Crippen LogP contribution in [0.1, 0.15) is 32.1 Å². The molecule has 0 N–H and O–H groups in total. The first-order valence-corrected chi connectivity index (χ1v) is 11.5.